The lowest BCUT2D eigenvalue weighted by Crippen LogP contribution is -2.49. The van der Waals surface area contributed by atoms with Crippen LogP contribution in [-0.2, 0) is 7.05 Å². The molecule has 1 aromatic carbocycles. The molecule has 2 fully saturated rings. The SMILES string of the molecule is Cn1cccc1C(=O)N1CCC(N2CCC(n3c(=O)[nH]c4ccccc43)CC2)CC1. The first-order valence-electron chi connectivity index (χ1n) is 11.0. The van der Waals surface area contributed by atoms with E-state index in [0.717, 1.165) is 68.6 Å². The summed E-state index contributed by atoms with van der Waals surface area (Å²) in [5.41, 5.74) is 2.69. The van der Waals surface area contributed by atoms with E-state index in [4.69, 9.17) is 0 Å². The molecule has 7 nitrogen and oxygen atoms in total. The summed E-state index contributed by atoms with van der Waals surface area (Å²) in [6, 6.07) is 12.5. The van der Waals surface area contributed by atoms with E-state index in [0.29, 0.717) is 6.04 Å². The van der Waals surface area contributed by atoms with Crippen LogP contribution >= 0.6 is 0 Å². The van der Waals surface area contributed by atoms with Gasteiger partial charge < -0.3 is 19.4 Å². The molecule has 0 atom stereocenters. The highest BCUT2D eigenvalue weighted by molar-refractivity contribution is 5.92. The summed E-state index contributed by atoms with van der Waals surface area (Å²) >= 11 is 0. The summed E-state index contributed by atoms with van der Waals surface area (Å²) in [5.74, 6) is 0.137. The van der Waals surface area contributed by atoms with Crippen LogP contribution in [0, 0.1) is 0 Å². The van der Waals surface area contributed by atoms with Gasteiger partial charge in [0.25, 0.3) is 5.91 Å². The van der Waals surface area contributed by atoms with Crippen molar-refractivity contribution in [3.05, 3.63) is 58.8 Å². The number of aryl methyl sites for hydroxylation is 1. The van der Waals surface area contributed by atoms with E-state index in [2.05, 4.69) is 9.88 Å². The maximum absolute atomic E-state index is 12.7. The molecule has 0 radical (unpaired) electrons. The van der Waals surface area contributed by atoms with Crippen LogP contribution in [0.3, 0.4) is 0 Å². The van der Waals surface area contributed by atoms with E-state index in [-0.39, 0.29) is 17.6 Å². The number of nitrogens with zero attached hydrogens (tertiary/aromatic N) is 4. The highest BCUT2D eigenvalue weighted by Crippen LogP contribution is 2.28. The maximum Gasteiger partial charge on any atom is 0.326 e. The molecule has 2 aliphatic heterocycles. The van der Waals surface area contributed by atoms with Gasteiger partial charge in [0.1, 0.15) is 5.69 Å². The zero-order chi connectivity index (χ0) is 20.7. The number of H-pyrrole nitrogens is 1. The van der Waals surface area contributed by atoms with Crippen LogP contribution in [0.4, 0.5) is 0 Å². The van der Waals surface area contributed by atoms with Gasteiger partial charge in [0.05, 0.1) is 11.0 Å². The van der Waals surface area contributed by atoms with Gasteiger partial charge in [-0.3, -0.25) is 9.36 Å². The number of piperidine rings is 2. The van der Waals surface area contributed by atoms with Crippen molar-refractivity contribution < 1.29 is 4.79 Å². The molecule has 0 unspecified atom stereocenters. The fraction of sp³-hybridized carbons (Fsp3) is 0.478. The third-order valence-corrected chi connectivity index (χ3v) is 6.92. The quantitative estimate of drug-likeness (QED) is 0.726. The van der Waals surface area contributed by atoms with Gasteiger partial charge in [-0.2, -0.15) is 0 Å². The van der Waals surface area contributed by atoms with Crippen molar-refractivity contribution in [1.82, 2.24) is 23.9 Å². The number of hydrogen-bond acceptors (Lipinski definition) is 3. The summed E-state index contributed by atoms with van der Waals surface area (Å²) in [4.78, 5) is 32.8. The summed E-state index contributed by atoms with van der Waals surface area (Å²) in [5, 5.41) is 0. The predicted octanol–water partition coefficient (Wildman–Crippen LogP) is 2.61. The Morgan fingerprint density at radius 1 is 0.933 bits per heavy atom. The van der Waals surface area contributed by atoms with E-state index in [1.165, 1.54) is 0 Å². The molecule has 0 saturated carbocycles. The fourth-order valence-electron chi connectivity index (χ4n) is 5.23. The van der Waals surface area contributed by atoms with Crippen molar-refractivity contribution in [3.63, 3.8) is 0 Å². The second-order valence-corrected chi connectivity index (χ2v) is 8.61. The summed E-state index contributed by atoms with van der Waals surface area (Å²) < 4.78 is 3.85. The van der Waals surface area contributed by atoms with Gasteiger partial charge >= 0.3 is 5.69 Å². The molecule has 0 bridgehead atoms. The average molecular weight is 408 g/mol. The smallest absolute Gasteiger partial charge is 0.326 e. The fourth-order valence-corrected chi connectivity index (χ4v) is 5.23. The third-order valence-electron chi connectivity index (χ3n) is 6.92. The lowest BCUT2D eigenvalue weighted by atomic mass is 9.97. The summed E-state index contributed by atoms with van der Waals surface area (Å²) in [6.07, 6.45) is 5.94. The van der Waals surface area contributed by atoms with Crippen molar-refractivity contribution in [2.75, 3.05) is 26.2 Å². The highest BCUT2D eigenvalue weighted by atomic mass is 16.2. The number of carbonyl (C=O) groups excluding carboxylic acids is 1. The molecule has 0 spiro atoms. The van der Waals surface area contributed by atoms with Crippen LogP contribution in [0.15, 0.2) is 47.4 Å². The van der Waals surface area contributed by atoms with Crippen molar-refractivity contribution >= 4 is 16.9 Å². The molecule has 1 N–H and O–H groups in total. The molecule has 2 aromatic heterocycles. The number of aromatic amines is 1. The van der Waals surface area contributed by atoms with Gasteiger partial charge in [0, 0.05) is 51.5 Å². The van der Waals surface area contributed by atoms with Gasteiger partial charge in [-0.25, -0.2) is 4.79 Å². The molecule has 0 aliphatic carbocycles. The van der Waals surface area contributed by atoms with Crippen molar-refractivity contribution in [3.8, 4) is 0 Å². The van der Waals surface area contributed by atoms with Gasteiger partial charge in [0.2, 0.25) is 0 Å². The average Bonchev–Trinajstić information content (AvgIpc) is 3.35. The minimum atomic E-state index is 0.00199. The van der Waals surface area contributed by atoms with Crippen molar-refractivity contribution in [1.29, 1.82) is 0 Å². The van der Waals surface area contributed by atoms with E-state index < -0.39 is 0 Å². The molecule has 4 heterocycles. The van der Waals surface area contributed by atoms with E-state index in [1.54, 1.807) is 0 Å². The molecule has 7 heteroatoms. The van der Waals surface area contributed by atoms with Crippen LogP contribution in [0.5, 0.6) is 0 Å². The Balaban J connectivity index is 1.19. The largest absolute Gasteiger partial charge is 0.347 e. The lowest BCUT2D eigenvalue weighted by Gasteiger charge is -2.42. The van der Waals surface area contributed by atoms with Gasteiger partial charge in [-0.1, -0.05) is 12.1 Å². The Hall–Kier alpha value is -2.80. The number of likely N-dealkylation sites (tertiary alicyclic amines) is 2. The number of hydrogen-bond donors (Lipinski definition) is 1. The minimum Gasteiger partial charge on any atom is -0.347 e. The van der Waals surface area contributed by atoms with Crippen molar-refractivity contribution in [2.24, 2.45) is 7.05 Å². The van der Waals surface area contributed by atoms with Crippen LogP contribution in [0.2, 0.25) is 0 Å². The second-order valence-electron chi connectivity index (χ2n) is 8.61. The third kappa shape index (κ3) is 3.37. The molecular weight excluding hydrogens is 378 g/mol. The van der Waals surface area contributed by atoms with Gasteiger partial charge in [-0.15, -0.1) is 0 Å². The van der Waals surface area contributed by atoms with E-state index in [9.17, 15) is 9.59 Å². The van der Waals surface area contributed by atoms with Crippen LogP contribution in [0.1, 0.15) is 42.2 Å². The lowest BCUT2D eigenvalue weighted by molar-refractivity contribution is 0.0550. The topological polar surface area (TPSA) is 66.3 Å². The number of para-hydroxylation sites is 2. The summed E-state index contributed by atoms with van der Waals surface area (Å²) in [7, 11) is 1.92. The Morgan fingerprint density at radius 2 is 1.63 bits per heavy atom. The summed E-state index contributed by atoms with van der Waals surface area (Å²) in [6.45, 7) is 3.65. The molecule has 30 heavy (non-hydrogen) atoms. The van der Waals surface area contributed by atoms with Crippen LogP contribution in [-0.4, -0.2) is 62.0 Å². The number of carbonyl (C=O) groups is 1. The van der Waals surface area contributed by atoms with E-state index >= 15 is 0 Å². The first-order valence-corrected chi connectivity index (χ1v) is 11.0. The Kier molecular flexibility index (Phi) is 4.98. The molecule has 5 rings (SSSR count). The Labute approximate surface area is 175 Å². The van der Waals surface area contributed by atoms with E-state index in [1.807, 2.05) is 63.7 Å². The molecule has 1 amide bonds. The minimum absolute atomic E-state index is 0.00199. The Bertz CT molecular complexity index is 1090. The number of nitrogens with one attached hydrogen (secondary N) is 1. The first-order chi connectivity index (χ1) is 14.6. The standard InChI is InChI=1S/C23H29N5O2/c1-25-12-4-7-21(25)22(29)27-15-8-17(9-16-27)26-13-10-18(11-14-26)28-20-6-3-2-5-19(20)24-23(28)30/h2-7,12,17-18H,8-11,13-16H2,1H3,(H,24,30). The zero-order valence-corrected chi connectivity index (χ0v) is 17.5. The predicted molar refractivity (Wildman–Crippen MR) is 117 cm³/mol. The number of imidazole rings is 1. The molecule has 158 valence electrons. The number of amides is 1. The highest BCUT2D eigenvalue weighted by Gasteiger charge is 2.31. The molecule has 3 aromatic rings. The first kappa shape index (κ1) is 19.2. The molecule has 2 saturated heterocycles. The van der Waals surface area contributed by atoms with Crippen molar-refractivity contribution in [2.45, 2.75) is 37.8 Å². The van der Waals surface area contributed by atoms with Gasteiger partial charge in [0.15, 0.2) is 0 Å². The van der Waals surface area contributed by atoms with Crippen LogP contribution in [0.25, 0.3) is 11.0 Å². The molecular formula is C23H29N5O2. The van der Waals surface area contributed by atoms with Crippen LogP contribution < -0.4 is 5.69 Å². The number of fused-ring (bicyclic) bond motifs is 1. The number of benzene rings is 1. The normalized spacial score (nSPS) is 19.6. The molecule has 2 aliphatic rings. The zero-order valence-electron chi connectivity index (χ0n) is 17.5. The number of aromatic nitrogens is 3. The Morgan fingerprint density at radius 3 is 2.33 bits per heavy atom. The monoisotopic (exact) mass is 407 g/mol. The number of rotatable bonds is 3. The second kappa shape index (κ2) is 7.80. The van der Waals surface area contributed by atoms with Gasteiger partial charge in [-0.05, 0) is 49.9 Å². The maximum atomic E-state index is 12.7.